The van der Waals surface area contributed by atoms with Gasteiger partial charge in [0, 0.05) is 6.54 Å². The largest absolute Gasteiger partial charge is 0.494 e. The van der Waals surface area contributed by atoms with Crippen molar-refractivity contribution in [3.8, 4) is 5.75 Å². The second kappa shape index (κ2) is 5.63. The van der Waals surface area contributed by atoms with E-state index in [1.807, 2.05) is 32.0 Å². The van der Waals surface area contributed by atoms with Gasteiger partial charge in [-0.2, -0.15) is 0 Å². The van der Waals surface area contributed by atoms with Crippen LogP contribution in [0, 0.1) is 6.92 Å². The van der Waals surface area contributed by atoms with Crippen LogP contribution in [0.2, 0.25) is 0 Å². The van der Waals surface area contributed by atoms with E-state index in [0.29, 0.717) is 6.61 Å². The molecule has 2 aromatic rings. The quantitative estimate of drug-likeness (QED) is 0.885. The van der Waals surface area contributed by atoms with Crippen molar-refractivity contribution in [3.05, 3.63) is 34.8 Å². The van der Waals surface area contributed by atoms with Gasteiger partial charge in [-0.1, -0.05) is 23.5 Å². The van der Waals surface area contributed by atoms with Crippen LogP contribution in [-0.2, 0) is 6.54 Å². The van der Waals surface area contributed by atoms with Crippen molar-refractivity contribution >= 4 is 16.5 Å². The van der Waals surface area contributed by atoms with E-state index in [2.05, 4.69) is 21.6 Å². The molecule has 1 aromatic carbocycles. The molecule has 0 aliphatic carbocycles. The zero-order chi connectivity index (χ0) is 12.1. The van der Waals surface area contributed by atoms with Crippen LogP contribution in [-0.4, -0.2) is 16.8 Å². The van der Waals surface area contributed by atoms with Gasteiger partial charge in [-0.15, -0.1) is 10.2 Å². The van der Waals surface area contributed by atoms with Crippen LogP contribution < -0.4 is 10.1 Å². The highest BCUT2D eigenvalue weighted by molar-refractivity contribution is 7.15. The molecular weight excluding hydrogens is 234 g/mol. The molecule has 4 nitrogen and oxygen atoms in total. The first-order chi connectivity index (χ1) is 8.28. The fraction of sp³-hybridized carbons (Fsp3) is 0.333. The number of nitrogens with one attached hydrogen (secondary N) is 1. The molecule has 90 valence electrons. The van der Waals surface area contributed by atoms with Crippen LogP contribution in [0.4, 0.5) is 5.13 Å². The van der Waals surface area contributed by atoms with E-state index in [9.17, 15) is 0 Å². The lowest BCUT2D eigenvalue weighted by Gasteiger charge is -2.06. The summed E-state index contributed by atoms with van der Waals surface area (Å²) in [6.45, 7) is 5.34. The number of hydrogen-bond donors (Lipinski definition) is 1. The van der Waals surface area contributed by atoms with E-state index in [4.69, 9.17) is 4.74 Å². The van der Waals surface area contributed by atoms with Gasteiger partial charge < -0.3 is 10.1 Å². The summed E-state index contributed by atoms with van der Waals surface area (Å²) in [5, 5.41) is 13.0. The molecular formula is C12H15N3OS. The number of aryl methyl sites for hydroxylation is 1. The van der Waals surface area contributed by atoms with Gasteiger partial charge in [0.2, 0.25) is 5.13 Å². The molecule has 0 unspecified atom stereocenters. The molecule has 1 aromatic heterocycles. The molecule has 0 atom stereocenters. The minimum absolute atomic E-state index is 0.687. The maximum Gasteiger partial charge on any atom is 0.205 e. The third-order valence-corrected chi connectivity index (χ3v) is 2.98. The number of anilines is 1. The first kappa shape index (κ1) is 11.9. The zero-order valence-corrected chi connectivity index (χ0v) is 10.8. The van der Waals surface area contributed by atoms with Crippen LogP contribution in [0.1, 0.15) is 17.5 Å². The van der Waals surface area contributed by atoms with Crippen LogP contribution in [0.25, 0.3) is 0 Å². The number of ether oxygens (including phenoxy) is 1. The van der Waals surface area contributed by atoms with Crippen molar-refractivity contribution in [3.63, 3.8) is 0 Å². The molecule has 17 heavy (non-hydrogen) atoms. The van der Waals surface area contributed by atoms with Crippen molar-refractivity contribution in [1.82, 2.24) is 10.2 Å². The fourth-order valence-electron chi connectivity index (χ4n) is 1.46. The van der Waals surface area contributed by atoms with Gasteiger partial charge in [0.25, 0.3) is 0 Å². The topological polar surface area (TPSA) is 47.0 Å². The maximum absolute atomic E-state index is 5.45. The van der Waals surface area contributed by atoms with Crippen molar-refractivity contribution in [1.29, 1.82) is 0 Å². The Morgan fingerprint density at radius 2 is 2.24 bits per heavy atom. The molecule has 0 radical (unpaired) electrons. The molecule has 0 saturated heterocycles. The molecule has 0 bridgehead atoms. The number of nitrogens with zero attached hydrogens (tertiary/aromatic N) is 2. The Kier molecular flexibility index (Phi) is 3.93. The minimum Gasteiger partial charge on any atom is -0.494 e. The summed E-state index contributed by atoms with van der Waals surface area (Å²) in [5.41, 5.74) is 1.17. The van der Waals surface area contributed by atoms with Crippen molar-refractivity contribution in [2.24, 2.45) is 0 Å². The highest BCUT2D eigenvalue weighted by Crippen LogP contribution is 2.17. The third-order valence-electron chi connectivity index (χ3n) is 2.18. The lowest BCUT2D eigenvalue weighted by molar-refractivity contribution is 0.340. The Hall–Kier alpha value is -1.62. The third kappa shape index (κ3) is 3.42. The monoisotopic (exact) mass is 249 g/mol. The summed E-state index contributed by atoms with van der Waals surface area (Å²) in [5.74, 6) is 0.903. The average Bonchev–Trinajstić information content (AvgIpc) is 2.74. The highest BCUT2D eigenvalue weighted by atomic mass is 32.1. The molecule has 0 amide bonds. The van der Waals surface area contributed by atoms with Crippen molar-refractivity contribution in [2.75, 3.05) is 11.9 Å². The Morgan fingerprint density at radius 3 is 2.94 bits per heavy atom. The smallest absolute Gasteiger partial charge is 0.205 e. The van der Waals surface area contributed by atoms with E-state index < -0.39 is 0 Å². The number of rotatable bonds is 5. The molecule has 1 N–H and O–H groups in total. The fourth-order valence-corrected chi connectivity index (χ4v) is 2.05. The molecule has 0 spiro atoms. The number of benzene rings is 1. The SMILES string of the molecule is CCOc1cccc(CNc2nnc(C)s2)c1. The van der Waals surface area contributed by atoms with Crippen molar-refractivity contribution < 1.29 is 4.74 Å². The standard InChI is InChI=1S/C12H15N3OS/c1-3-16-11-6-4-5-10(7-11)8-13-12-15-14-9(2)17-12/h4-7H,3,8H2,1-2H3,(H,13,15). The lowest BCUT2D eigenvalue weighted by atomic mass is 10.2. The van der Waals surface area contributed by atoms with Crippen molar-refractivity contribution in [2.45, 2.75) is 20.4 Å². The van der Waals surface area contributed by atoms with Gasteiger partial charge >= 0.3 is 0 Å². The van der Waals surface area contributed by atoms with Gasteiger partial charge in [0.15, 0.2) is 0 Å². The predicted octanol–water partition coefficient (Wildman–Crippen LogP) is 2.86. The highest BCUT2D eigenvalue weighted by Gasteiger charge is 2.00. The van der Waals surface area contributed by atoms with Gasteiger partial charge in [0.1, 0.15) is 10.8 Å². The Labute approximate surface area is 105 Å². The van der Waals surface area contributed by atoms with E-state index in [-0.39, 0.29) is 0 Å². The van der Waals surface area contributed by atoms with Gasteiger partial charge in [-0.05, 0) is 31.5 Å². The van der Waals surface area contributed by atoms with E-state index in [1.54, 1.807) is 11.3 Å². The summed E-state index contributed by atoms with van der Waals surface area (Å²) in [4.78, 5) is 0. The van der Waals surface area contributed by atoms with Crippen LogP contribution >= 0.6 is 11.3 Å². The summed E-state index contributed by atoms with van der Waals surface area (Å²) in [6.07, 6.45) is 0. The summed E-state index contributed by atoms with van der Waals surface area (Å²) in [6, 6.07) is 8.04. The molecule has 5 heteroatoms. The van der Waals surface area contributed by atoms with E-state index >= 15 is 0 Å². The Morgan fingerprint density at radius 1 is 1.35 bits per heavy atom. The van der Waals surface area contributed by atoms with Crippen LogP contribution in [0.15, 0.2) is 24.3 Å². The Bertz CT molecular complexity index is 484. The molecule has 0 aliphatic rings. The number of aromatic nitrogens is 2. The van der Waals surface area contributed by atoms with Crippen LogP contribution in [0.5, 0.6) is 5.75 Å². The summed E-state index contributed by atoms with van der Waals surface area (Å²) >= 11 is 1.56. The molecule has 2 rings (SSSR count). The zero-order valence-electron chi connectivity index (χ0n) is 9.93. The predicted molar refractivity (Wildman–Crippen MR) is 69.6 cm³/mol. The molecule has 0 fully saturated rings. The second-order valence-corrected chi connectivity index (χ2v) is 4.74. The molecule has 0 aliphatic heterocycles. The summed E-state index contributed by atoms with van der Waals surface area (Å²) < 4.78 is 5.45. The molecule has 0 saturated carbocycles. The second-order valence-electron chi connectivity index (χ2n) is 3.56. The van der Waals surface area contributed by atoms with E-state index in [0.717, 1.165) is 22.4 Å². The van der Waals surface area contributed by atoms with Gasteiger partial charge in [-0.25, -0.2) is 0 Å². The first-order valence-electron chi connectivity index (χ1n) is 5.53. The number of hydrogen-bond acceptors (Lipinski definition) is 5. The lowest BCUT2D eigenvalue weighted by Crippen LogP contribution is -1.99. The van der Waals surface area contributed by atoms with Gasteiger partial charge in [0.05, 0.1) is 6.61 Å². The Balaban J connectivity index is 1.96. The molecule has 1 heterocycles. The minimum atomic E-state index is 0.687. The first-order valence-corrected chi connectivity index (χ1v) is 6.35. The summed E-state index contributed by atoms with van der Waals surface area (Å²) in [7, 11) is 0. The normalized spacial score (nSPS) is 10.2. The van der Waals surface area contributed by atoms with E-state index in [1.165, 1.54) is 5.56 Å². The van der Waals surface area contributed by atoms with Gasteiger partial charge in [-0.3, -0.25) is 0 Å². The maximum atomic E-state index is 5.45. The average molecular weight is 249 g/mol. The van der Waals surface area contributed by atoms with Crippen LogP contribution in [0.3, 0.4) is 0 Å².